The van der Waals surface area contributed by atoms with Crippen LogP contribution in [0.3, 0.4) is 0 Å². The number of hydrogen-bond donors (Lipinski definition) is 3. The van der Waals surface area contributed by atoms with E-state index in [9.17, 15) is 14.9 Å². The van der Waals surface area contributed by atoms with Gasteiger partial charge < -0.3 is 20.7 Å². The molecule has 0 radical (unpaired) electrons. The number of thiocarbonyl (C=S) groups is 1. The first-order valence-electron chi connectivity index (χ1n) is 11.9. The SMILES string of the molecule is CCNC(=S)Nc1ccc(Cc2ccc(NC=c3sc(=C(C#N)C(=O)OCC)n(CC)c3=O)cc2)cc1. The maximum atomic E-state index is 12.8. The molecule has 1 heterocycles. The number of nitrogens with one attached hydrogen (secondary N) is 3. The molecule has 37 heavy (non-hydrogen) atoms. The van der Waals surface area contributed by atoms with Gasteiger partial charge in [0, 0.05) is 30.7 Å². The molecule has 3 N–H and O–H groups in total. The molecule has 10 heteroatoms. The predicted molar refractivity (Wildman–Crippen MR) is 153 cm³/mol. The van der Waals surface area contributed by atoms with Crippen LogP contribution in [-0.4, -0.2) is 28.8 Å². The van der Waals surface area contributed by atoms with Crippen LogP contribution in [-0.2, 0) is 22.5 Å². The quantitative estimate of drug-likeness (QED) is 0.284. The Morgan fingerprint density at radius 1 is 1.08 bits per heavy atom. The van der Waals surface area contributed by atoms with Crippen molar-refractivity contribution in [1.82, 2.24) is 9.88 Å². The highest BCUT2D eigenvalue weighted by atomic mass is 32.1. The molecule has 2 aromatic carbocycles. The van der Waals surface area contributed by atoms with E-state index in [1.165, 1.54) is 10.1 Å². The number of nitriles is 1. The van der Waals surface area contributed by atoms with E-state index < -0.39 is 5.97 Å². The Bertz CT molecular complexity index is 1470. The molecule has 0 aliphatic rings. The summed E-state index contributed by atoms with van der Waals surface area (Å²) < 4.78 is 7.06. The van der Waals surface area contributed by atoms with E-state index in [0.717, 1.165) is 41.2 Å². The van der Waals surface area contributed by atoms with Gasteiger partial charge in [0.05, 0.1) is 6.61 Å². The number of thiazole rings is 1. The molecule has 0 aliphatic carbocycles. The lowest BCUT2D eigenvalue weighted by molar-refractivity contribution is -0.136. The van der Waals surface area contributed by atoms with Gasteiger partial charge >= 0.3 is 5.97 Å². The topological polar surface area (TPSA) is 108 Å². The van der Waals surface area contributed by atoms with Crippen LogP contribution in [0.2, 0.25) is 0 Å². The van der Waals surface area contributed by atoms with E-state index in [0.29, 0.717) is 20.9 Å². The first-order chi connectivity index (χ1) is 17.9. The molecule has 8 nitrogen and oxygen atoms in total. The molecule has 0 amide bonds. The molecule has 0 spiro atoms. The number of carbonyl (C=O) groups excluding carboxylic acids is 1. The van der Waals surface area contributed by atoms with Crippen LogP contribution in [0.15, 0.2) is 53.3 Å². The fourth-order valence-electron chi connectivity index (χ4n) is 3.52. The number of rotatable bonds is 9. The van der Waals surface area contributed by atoms with E-state index in [-0.39, 0.29) is 17.7 Å². The van der Waals surface area contributed by atoms with Gasteiger partial charge in [0.2, 0.25) is 0 Å². The zero-order chi connectivity index (χ0) is 26.8. The zero-order valence-electron chi connectivity index (χ0n) is 21.0. The van der Waals surface area contributed by atoms with Gasteiger partial charge in [-0.15, -0.1) is 11.3 Å². The normalized spacial score (nSPS) is 11.9. The van der Waals surface area contributed by atoms with Gasteiger partial charge in [-0.3, -0.25) is 9.36 Å². The Kier molecular flexibility index (Phi) is 10.0. The van der Waals surface area contributed by atoms with Gasteiger partial charge in [0.1, 0.15) is 15.3 Å². The Morgan fingerprint density at radius 3 is 2.24 bits per heavy atom. The summed E-state index contributed by atoms with van der Waals surface area (Å²) in [4.78, 5) is 25.0. The standard InChI is InChI=1S/C27H29N5O3S2/c1-4-29-27(36)31-21-13-9-19(10-14-21)15-18-7-11-20(12-8-18)30-17-23-24(33)32(5-2)25(37-23)22(16-28)26(34)35-6-3/h7-14,17,30H,4-6,15H2,1-3H3,(H2,29,31,36). The Labute approximate surface area is 224 Å². The second-order valence-electron chi connectivity index (χ2n) is 7.87. The van der Waals surface area contributed by atoms with Crippen molar-refractivity contribution in [3.05, 3.63) is 79.2 Å². The summed E-state index contributed by atoms with van der Waals surface area (Å²) in [5, 5.41) is 19.4. The Balaban J connectivity index is 1.74. The van der Waals surface area contributed by atoms with Crippen LogP contribution in [0.4, 0.5) is 11.4 Å². The minimum absolute atomic E-state index is 0.149. The van der Waals surface area contributed by atoms with E-state index in [2.05, 4.69) is 28.1 Å². The summed E-state index contributed by atoms with van der Waals surface area (Å²) >= 11 is 6.30. The number of aromatic nitrogens is 1. The van der Waals surface area contributed by atoms with E-state index >= 15 is 0 Å². The molecular formula is C27H29N5O3S2. The molecule has 0 fully saturated rings. The summed E-state index contributed by atoms with van der Waals surface area (Å²) in [6.45, 7) is 6.70. The number of hydrogen-bond acceptors (Lipinski definition) is 7. The molecule has 0 saturated heterocycles. The molecule has 0 saturated carbocycles. The maximum absolute atomic E-state index is 12.8. The van der Waals surface area contributed by atoms with Crippen molar-refractivity contribution < 1.29 is 9.53 Å². The number of carbonyl (C=O) groups is 1. The van der Waals surface area contributed by atoms with Crippen molar-refractivity contribution in [2.75, 3.05) is 23.8 Å². The highest BCUT2D eigenvalue weighted by Crippen LogP contribution is 2.16. The Morgan fingerprint density at radius 2 is 1.70 bits per heavy atom. The van der Waals surface area contributed by atoms with Crippen molar-refractivity contribution in [3.8, 4) is 6.07 Å². The molecule has 0 aliphatic heterocycles. The van der Waals surface area contributed by atoms with Gasteiger partial charge in [-0.05, 0) is 74.8 Å². The summed E-state index contributed by atoms with van der Waals surface area (Å²) in [5.41, 5.74) is 3.62. The zero-order valence-corrected chi connectivity index (χ0v) is 22.6. The van der Waals surface area contributed by atoms with Crippen molar-refractivity contribution in [3.63, 3.8) is 0 Å². The van der Waals surface area contributed by atoms with Crippen LogP contribution in [0.25, 0.3) is 11.8 Å². The first kappa shape index (κ1) is 27.6. The molecule has 3 rings (SSSR count). The van der Waals surface area contributed by atoms with Crippen LogP contribution in [0.5, 0.6) is 0 Å². The molecule has 1 aromatic heterocycles. The third-order valence-electron chi connectivity index (χ3n) is 5.31. The Hall–Kier alpha value is -3.94. The number of esters is 1. The number of ether oxygens (including phenoxy) is 1. The fraction of sp³-hybridized carbons (Fsp3) is 0.259. The lowest BCUT2D eigenvalue weighted by atomic mass is 10.0. The van der Waals surface area contributed by atoms with Gasteiger partial charge in [-0.25, -0.2) is 4.79 Å². The van der Waals surface area contributed by atoms with Crippen molar-refractivity contribution in [2.24, 2.45) is 0 Å². The third kappa shape index (κ3) is 7.29. The van der Waals surface area contributed by atoms with E-state index in [1.54, 1.807) is 20.0 Å². The summed E-state index contributed by atoms with van der Waals surface area (Å²) in [7, 11) is 0. The molecule has 0 unspecified atom stereocenters. The van der Waals surface area contributed by atoms with Crippen LogP contribution in [0.1, 0.15) is 31.9 Å². The van der Waals surface area contributed by atoms with Gasteiger partial charge in [0.15, 0.2) is 10.7 Å². The maximum Gasteiger partial charge on any atom is 0.351 e. The number of anilines is 2. The second kappa shape index (κ2) is 13.4. The minimum Gasteiger partial charge on any atom is -0.462 e. The van der Waals surface area contributed by atoms with Crippen molar-refractivity contribution >= 4 is 57.8 Å². The average molecular weight is 536 g/mol. The fourth-order valence-corrected chi connectivity index (χ4v) is 4.86. The summed E-state index contributed by atoms with van der Waals surface area (Å²) in [6.07, 6.45) is 2.37. The third-order valence-corrected chi connectivity index (χ3v) is 6.69. The molecule has 3 aromatic rings. The highest BCUT2D eigenvalue weighted by molar-refractivity contribution is 7.80. The van der Waals surface area contributed by atoms with Crippen LogP contribution < -0.4 is 30.7 Å². The van der Waals surface area contributed by atoms with E-state index in [4.69, 9.17) is 17.0 Å². The number of nitrogens with zero attached hydrogens (tertiary/aromatic N) is 2. The highest BCUT2D eigenvalue weighted by Gasteiger charge is 2.16. The van der Waals surface area contributed by atoms with Crippen LogP contribution >= 0.6 is 23.6 Å². The van der Waals surface area contributed by atoms with E-state index in [1.807, 2.05) is 49.4 Å². The van der Waals surface area contributed by atoms with Crippen LogP contribution in [0, 0.1) is 11.3 Å². The van der Waals surface area contributed by atoms with Crippen molar-refractivity contribution in [1.29, 1.82) is 5.26 Å². The summed E-state index contributed by atoms with van der Waals surface area (Å²) in [6, 6.07) is 17.9. The second-order valence-corrected chi connectivity index (χ2v) is 9.31. The smallest absolute Gasteiger partial charge is 0.351 e. The molecule has 192 valence electrons. The predicted octanol–water partition coefficient (Wildman–Crippen LogP) is 2.91. The lowest BCUT2D eigenvalue weighted by Gasteiger charge is -2.09. The lowest BCUT2D eigenvalue weighted by Crippen LogP contribution is -2.32. The monoisotopic (exact) mass is 535 g/mol. The minimum atomic E-state index is -0.730. The first-order valence-corrected chi connectivity index (χ1v) is 13.1. The van der Waals surface area contributed by atoms with Crippen molar-refractivity contribution in [2.45, 2.75) is 33.7 Å². The van der Waals surface area contributed by atoms with Gasteiger partial charge in [0.25, 0.3) is 5.56 Å². The molecular weight excluding hydrogens is 506 g/mol. The average Bonchev–Trinajstić information content (AvgIpc) is 3.20. The summed E-state index contributed by atoms with van der Waals surface area (Å²) in [5.74, 6) is -0.730. The number of benzene rings is 2. The largest absolute Gasteiger partial charge is 0.462 e. The van der Waals surface area contributed by atoms with Gasteiger partial charge in [-0.2, -0.15) is 5.26 Å². The molecule has 0 bridgehead atoms. The van der Waals surface area contributed by atoms with Gasteiger partial charge in [-0.1, -0.05) is 24.3 Å². The molecule has 0 atom stereocenters.